The number of amides is 2. The molecule has 4 rings (SSSR count). The van der Waals surface area contributed by atoms with Gasteiger partial charge in [-0.2, -0.15) is 5.26 Å². The Morgan fingerprint density at radius 2 is 1.73 bits per heavy atom. The number of hydrogen-bond acceptors (Lipinski definition) is 4. The topological polar surface area (TPSA) is 64.4 Å². The number of piperidine rings is 1. The van der Waals surface area contributed by atoms with Crippen LogP contribution in [0, 0.1) is 31.1 Å². The number of imide groups is 1. The van der Waals surface area contributed by atoms with Crippen molar-refractivity contribution in [2.45, 2.75) is 33.6 Å². The van der Waals surface area contributed by atoms with Gasteiger partial charge in [0.1, 0.15) is 5.70 Å². The van der Waals surface area contributed by atoms with Gasteiger partial charge in [0.25, 0.3) is 11.8 Å². The first-order valence-electron chi connectivity index (χ1n) is 10.4. The summed E-state index contributed by atoms with van der Waals surface area (Å²) in [5.74, 6) is -0.118. The quantitative estimate of drug-likeness (QED) is 0.726. The van der Waals surface area contributed by atoms with Crippen molar-refractivity contribution in [3.8, 4) is 6.07 Å². The van der Waals surface area contributed by atoms with Crippen molar-refractivity contribution in [3.05, 3.63) is 70.4 Å². The summed E-state index contributed by atoms with van der Waals surface area (Å²) in [6, 6.07) is 14.6. The van der Waals surface area contributed by atoms with Crippen LogP contribution in [0.5, 0.6) is 0 Å². The van der Waals surface area contributed by atoms with Crippen LogP contribution < -0.4 is 4.90 Å². The Bertz CT molecular complexity index is 1090. The molecule has 1 atom stereocenters. The number of aryl methyl sites for hydroxylation is 2. The van der Waals surface area contributed by atoms with Crippen LogP contribution in [-0.4, -0.2) is 29.8 Å². The van der Waals surface area contributed by atoms with Gasteiger partial charge in [0.05, 0.1) is 22.9 Å². The highest BCUT2D eigenvalue weighted by Gasteiger charge is 2.43. The third kappa shape index (κ3) is 3.39. The molecule has 0 saturated carbocycles. The Kier molecular flexibility index (Phi) is 5.17. The van der Waals surface area contributed by atoms with E-state index in [1.54, 1.807) is 24.3 Å². The highest BCUT2D eigenvalue weighted by Crippen LogP contribution is 2.37. The summed E-state index contributed by atoms with van der Waals surface area (Å²) in [6.07, 6.45) is 2.13. The standard InChI is InChI=1S/C25H25N3O2/c1-16-5-4-12-27(15-16)23-22(20-9-6-17(2)18(3)13-20)24(29)28(25(23)30)21-10-7-19(14-26)8-11-21/h6-11,13,16H,4-5,12,15H2,1-3H3. The fourth-order valence-electron chi connectivity index (χ4n) is 4.28. The molecule has 2 heterocycles. The van der Waals surface area contributed by atoms with E-state index in [-0.39, 0.29) is 11.8 Å². The van der Waals surface area contributed by atoms with E-state index in [1.807, 2.05) is 32.0 Å². The molecule has 2 amide bonds. The van der Waals surface area contributed by atoms with E-state index in [1.165, 1.54) is 4.90 Å². The third-order valence-electron chi connectivity index (χ3n) is 6.08. The maximum absolute atomic E-state index is 13.6. The van der Waals surface area contributed by atoms with Gasteiger partial charge in [0.2, 0.25) is 0 Å². The first kappa shape index (κ1) is 19.9. The predicted octanol–water partition coefficient (Wildman–Crippen LogP) is 4.19. The third-order valence-corrected chi connectivity index (χ3v) is 6.08. The monoisotopic (exact) mass is 399 g/mol. The summed E-state index contributed by atoms with van der Waals surface area (Å²) in [7, 11) is 0. The fourth-order valence-corrected chi connectivity index (χ4v) is 4.28. The van der Waals surface area contributed by atoms with Crippen LogP contribution in [0.2, 0.25) is 0 Å². The fraction of sp³-hybridized carbons (Fsp3) is 0.320. The van der Waals surface area contributed by atoms with Gasteiger partial charge in [-0.05, 0) is 73.6 Å². The first-order chi connectivity index (χ1) is 14.4. The Morgan fingerprint density at radius 1 is 1.00 bits per heavy atom. The lowest BCUT2D eigenvalue weighted by molar-refractivity contribution is -0.120. The molecule has 152 valence electrons. The molecule has 30 heavy (non-hydrogen) atoms. The van der Waals surface area contributed by atoms with E-state index in [4.69, 9.17) is 5.26 Å². The van der Waals surface area contributed by atoms with Crippen LogP contribution in [0.25, 0.3) is 5.57 Å². The lowest BCUT2D eigenvalue weighted by atomic mass is 9.96. The number of nitriles is 1. The molecule has 0 aliphatic carbocycles. The average molecular weight is 399 g/mol. The van der Waals surface area contributed by atoms with Gasteiger partial charge < -0.3 is 4.90 Å². The zero-order chi connectivity index (χ0) is 21.4. The van der Waals surface area contributed by atoms with Crippen molar-refractivity contribution in [2.24, 2.45) is 5.92 Å². The number of anilines is 1. The van der Waals surface area contributed by atoms with Gasteiger partial charge in [-0.1, -0.05) is 25.1 Å². The van der Waals surface area contributed by atoms with Crippen molar-refractivity contribution in [1.82, 2.24) is 4.90 Å². The maximum Gasteiger partial charge on any atom is 0.282 e. The second-order valence-corrected chi connectivity index (χ2v) is 8.32. The number of nitrogens with zero attached hydrogens (tertiary/aromatic N) is 3. The van der Waals surface area contributed by atoms with Gasteiger partial charge in [0, 0.05) is 13.1 Å². The molecule has 2 aliphatic rings. The SMILES string of the molecule is Cc1ccc(C2=C(N3CCCC(C)C3)C(=O)N(c3ccc(C#N)cc3)C2=O)cc1C. The van der Waals surface area contributed by atoms with Gasteiger partial charge in [-0.3, -0.25) is 9.59 Å². The number of hydrogen-bond donors (Lipinski definition) is 0. The van der Waals surface area contributed by atoms with Crippen molar-refractivity contribution in [2.75, 3.05) is 18.0 Å². The van der Waals surface area contributed by atoms with E-state index in [0.29, 0.717) is 28.4 Å². The summed E-state index contributed by atoms with van der Waals surface area (Å²) in [4.78, 5) is 30.4. The Balaban J connectivity index is 1.83. The molecule has 5 nitrogen and oxygen atoms in total. The second-order valence-electron chi connectivity index (χ2n) is 8.32. The molecule has 0 aromatic heterocycles. The average Bonchev–Trinajstić information content (AvgIpc) is 3.00. The molecule has 0 radical (unpaired) electrons. The number of carbonyl (C=O) groups is 2. The summed E-state index contributed by atoms with van der Waals surface area (Å²) >= 11 is 0. The summed E-state index contributed by atoms with van der Waals surface area (Å²) in [5.41, 5.74) is 4.97. The van der Waals surface area contributed by atoms with Gasteiger partial charge in [-0.25, -0.2) is 4.90 Å². The van der Waals surface area contributed by atoms with Gasteiger partial charge >= 0.3 is 0 Å². The molecule has 2 aliphatic heterocycles. The molecular formula is C25H25N3O2. The van der Waals surface area contributed by atoms with Crippen LogP contribution in [0.1, 0.15) is 42.0 Å². The number of rotatable bonds is 3. The van der Waals surface area contributed by atoms with Gasteiger partial charge in [-0.15, -0.1) is 0 Å². The van der Waals surface area contributed by atoms with Crippen LogP contribution in [0.4, 0.5) is 5.69 Å². The minimum Gasteiger partial charge on any atom is -0.366 e. The van der Waals surface area contributed by atoms with Crippen LogP contribution in [0.3, 0.4) is 0 Å². The lowest BCUT2D eigenvalue weighted by Crippen LogP contribution is -2.39. The van der Waals surface area contributed by atoms with E-state index >= 15 is 0 Å². The van der Waals surface area contributed by atoms with Crippen molar-refractivity contribution >= 4 is 23.1 Å². The molecule has 0 bridgehead atoms. The molecule has 2 aromatic rings. The predicted molar refractivity (Wildman–Crippen MR) is 116 cm³/mol. The molecule has 0 N–H and O–H groups in total. The Morgan fingerprint density at radius 3 is 2.37 bits per heavy atom. The van der Waals surface area contributed by atoms with Crippen LogP contribution in [0.15, 0.2) is 48.2 Å². The van der Waals surface area contributed by atoms with Crippen molar-refractivity contribution < 1.29 is 9.59 Å². The minimum absolute atomic E-state index is 0.285. The molecule has 0 spiro atoms. The molecule has 5 heteroatoms. The number of likely N-dealkylation sites (tertiary alicyclic amines) is 1. The highest BCUT2D eigenvalue weighted by molar-refractivity contribution is 6.45. The maximum atomic E-state index is 13.6. The minimum atomic E-state index is -0.304. The molecular weight excluding hydrogens is 374 g/mol. The molecule has 1 saturated heterocycles. The van der Waals surface area contributed by atoms with Crippen LogP contribution in [-0.2, 0) is 9.59 Å². The van der Waals surface area contributed by atoms with Gasteiger partial charge in [0.15, 0.2) is 0 Å². The van der Waals surface area contributed by atoms with Crippen molar-refractivity contribution in [3.63, 3.8) is 0 Å². The first-order valence-corrected chi connectivity index (χ1v) is 10.4. The molecule has 1 unspecified atom stereocenters. The van der Waals surface area contributed by atoms with E-state index in [9.17, 15) is 9.59 Å². The largest absolute Gasteiger partial charge is 0.366 e. The van der Waals surface area contributed by atoms with E-state index in [0.717, 1.165) is 42.6 Å². The highest BCUT2D eigenvalue weighted by atomic mass is 16.2. The van der Waals surface area contributed by atoms with E-state index in [2.05, 4.69) is 17.9 Å². The zero-order valence-electron chi connectivity index (χ0n) is 17.6. The molecule has 2 aromatic carbocycles. The van der Waals surface area contributed by atoms with E-state index < -0.39 is 0 Å². The summed E-state index contributed by atoms with van der Waals surface area (Å²) in [5, 5.41) is 9.06. The van der Waals surface area contributed by atoms with Crippen molar-refractivity contribution in [1.29, 1.82) is 5.26 Å². The smallest absolute Gasteiger partial charge is 0.282 e. The number of benzene rings is 2. The summed E-state index contributed by atoms with van der Waals surface area (Å²) < 4.78 is 0. The van der Waals surface area contributed by atoms with Crippen LogP contribution >= 0.6 is 0 Å². The Hall–Kier alpha value is -3.39. The second kappa shape index (κ2) is 7.79. The normalized spacial score (nSPS) is 19.5. The lowest BCUT2D eigenvalue weighted by Gasteiger charge is -2.33. The summed E-state index contributed by atoms with van der Waals surface area (Å²) in [6.45, 7) is 7.77. The Labute approximate surface area is 177 Å². The zero-order valence-corrected chi connectivity index (χ0v) is 17.6. The number of carbonyl (C=O) groups excluding carboxylic acids is 2. The molecule has 1 fully saturated rings.